The zero-order chi connectivity index (χ0) is 14.4. The first-order valence-corrected chi connectivity index (χ1v) is 7.78. The number of hydrogen-bond donors (Lipinski definition) is 2. The van der Waals surface area contributed by atoms with Crippen LogP contribution in [0.15, 0.2) is 42.5 Å². The Kier molecular flexibility index (Phi) is 6.01. The first kappa shape index (κ1) is 15.5. The second-order valence-corrected chi connectivity index (χ2v) is 6.32. The molecule has 0 fully saturated rings. The van der Waals surface area contributed by atoms with E-state index in [1.165, 1.54) is 5.56 Å². The largest absolute Gasteiger partial charge is 0.395 e. The lowest BCUT2D eigenvalue weighted by atomic mass is 10.1. The van der Waals surface area contributed by atoms with E-state index in [0.29, 0.717) is 13.1 Å². The first-order valence-electron chi connectivity index (χ1n) is 6.58. The molecule has 1 aromatic heterocycles. The Morgan fingerprint density at radius 3 is 2.50 bits per heavy atom. The molecule has 0 radical (unpaired) electrons. The molecule has 1 atom stereocenters. The van der Waals surface area contributed by atoms with Crippen molar-refractivity contribution in [3.8, 4) is 0 Å². The molecule has 0 aliphatic rings. The predicted molar refractivity (Wildman–Crippen MR) is 85.1 cm³/mol. The topological polar surface area (TPSA) is 49.5 Å². The predicted octanol–water partition coefficient (Wildman–Crippen LogP) is 2.90. The Morgan fingerprint density at radius 2 is 1.95 bits per heavy atom. The summed E-state index contributed by atoms with van der Waals surface area (Å²) in [6.07, 6.45) is 0. The summed E-state index contributed by atoms with van der Waals surface area (Å²) in [5.41, 5.74) is 7.15. The molecule has 2 aromatic rings. The fraction of sp³-hybridized carbons (Fsp3) is 0.333. The number of nitrogens with zero attached hydrogens (tertiary/aromatic N) is 1. The molecule has 0 aliphatic heterocycles. The van der Waals surface area contributed by atoms with Crippen LogP contribution in [0.1, 0.15) is 16.5 Å². The molecular formula is C15H19ClN2OS. The molecule has 0 bridgehead atoms. The molecular weight excluding hydrogens is 292 g/mol. The van der Waals surface area contributed by atoms with Gasteiger partial charge in [-0.3, -0.25) is 4.90 Å². The number of rotatable bonds is 7. The van der Waals surface area contributed by atoms with Crippen LogP contribution in [0.5, 0.6) is 0 Å². The van der Waals surface area contributed by atoms with Gasteiger partial charge >= 0.3 is 0 Å². The van der Waals surface area contributed by atoms with Crippen molar-refractivity contribution in [3.05, 3.63) is 57.2 Å². The van der Waals surface area contributed by atoms with Crippen molar-refractivity contribution in [1.82, 2.24) is 4.90 Å². The highest BCUT2D eigenvalue weighted by molar-refractivity contribution is 7.16. The highest BCUT2D eigenvalue weighted by Crippen LogP contribution is 2.30. The van der Waals surface area contributed by atoms with Crippen LogP contribution in [0.4, 0.5) is 0 Å². The molecule has 5 heteroatoms. The van der Waals surface area contributed by atoms with Crippen molar-refractivity contribution in [1.29, 1.82) is 0 Å². The van der Waals surface area contributed by atoms with E-state index in [-0.39, 0.29) is 12.6 Å². The van der Waals surface area contributed by atoms with Gasteiger partial charge in [0.2, 0.25) is 0 Å². The maximum atomic E-state index is 9.31. The SMILES string of the molecule is NCC(c1ccc(Cl)s1)N(CCO)Cc1ccccc1. The van der Waals surface area contributed by atoms with E-state index in [1.807, 2.05) is 30.3 Å². The molecule has 0 amide bonds. The summed E-state index contributed by atoms with van der Waals surface area (Å²) in [5, 5.41) is 9.31. The monoisotopic (exact) mass is 310 g/mol. The Morgan fingerprint density at radius 1 is 1.20 bits per heavy atom. The van der Waals surface area contributed by atoms with Gasteiger partial charge in [0.25, 0.3) is 0 Å². The average molecular weight is 311 g/mol. The second kappa shape index (κ2) is 7.76. The van der Waals surface area contributed by atoms with E-state index in [4.69, 9.17) is 17.3 Å². The lowest BCUT2D eigenvalue weighted by Gasteiger charge is -2.29. The minimum absolute atomic E-state index is 0.0832. The quantitative estimate of drug-likeness (QED) is 0.827. The van der Waals surface area contributed by atoms with Gasteiger partial charge in [-0.15, -0.1) is 11.3 Å². The van der Waals surface area contributed by atoms with E-state index in [1.54, 1.807) is 11.3 Å². The molecule has 0 spiro atoms. The summed E-state index contributed by atoms with van der Waals surface area (Å²) in [6.45, 7) is 1.97. The van der Waals surface area contributed by atoms with Crippen molar-refractivity contribution in [3.63, 3.8) is 0 Å². The summed E-state index contributed by atoms with van der Waals surface area (Å²) in [7, 11) is 0. The summed E-state index contributed by atoms with van der Waals surface area (Å²) >= 11 is 7.56. The summed E-state index contributed by atoms with van der Waals surface area (Å²) in [5.74, 6) is 0. The minimum atomic E-state index is 0.0832. The molecule has 20 heavy (non-hydrogen) atoms. The van der Waals surface area contributed by atoms with E-state index >= 15 is 0 Å². The number of aliphatic hydroxyl groups is 1. The van der Waals surface area contributed by atoms with Crippen molar-refractivity contribution < 1.29 is 5.11 Å². The first-order chi connectivity index (χ1) is 9.74. The van der Waals surface area contributed by atoms with Crippen LogP contribution in [0.3, 0.4) is 0 Å². The lowest BCUT2D eigenvalue weighted by Crippen LogP contribution is -2.35. The number of nitrogens with two attached hydrogens (primary N) is 1. The third kappa shape index (κ3) is 4.04. The van der Waals surface area contributed by atoms with Gasteiger partial charge in [0.1, 0.15) is 0 Å². The standard InChI is InChI=1S/C15H19ClN2OS/c16-15-7-6-14(20-15)13(10-17)18(8-9-19)11-12-4-2-1-3-5-12/h1-7,13,19H,8-11,17H2. The van der Waals surface area contributed by atoms with Crippen LogP contribution >= 0.6 is 22.9 Å². The van der Waals surface area contributed by atoms with Gasteiger partial charge < -0.3 is 10.8 Å². The van der Waals surface area contributed by atoms with Gasteiger partial charge in [0, 0.05) is 24.5 Å². The van der Waals surface area contributed by atoms with Crippen LogP contribution in [0.25, 0.3) is 0 Å². The molecule has 1 unspecified atom stereocenters. The molecule has 3 N–H and O–H groups in total. The number of halogens is 1. The third-order valence-electron chi connectivity index (χ3n) is 3.20. The zero-order valence-corrected chi connectivity index (χ0v) is 12.8. The Labute approximate surface area is 128 Å². The van der Waals surface area contributed by atoms with Gasteiger partial charge in [-0.25, -0.2) is 0 Å². The van der Waals surface area contributed by atoms with E-state index < -0.39 is 0 Å². The summed E-state index contributed by atoms with van der Waals surface area (Å²) in [4.78, 5) is 3.33. The molecule has 0 saturated heterocycles. The second-order valence-electron chi connectivity index (χ2n) is 4.57. The maximum Gasteiger partial charge on any atom is 0.0931 e. The molecule has 1 aromatic carbocycles. The molecule has 2 rings (SSSR count). The number of aliphatic hydroxyl groups excluding tert-OH is 1. The minimum Gasteiger partial charge on any atom is -0.395 e. The summed E-state index contributed by atoms with van der Waals surface area (Å²) in [6, 6.07) is 14.2. The highest BCUT2D eigenvalue weighted by atomic mass is 35.5. The number of benzene rings is 1. The van der Waals surface area contributed by atoms with Crippen molar-refractivity contribution >= 4 is 22.9 Å². The fourth-order valence-electron chi connectivity index (χ4n) is 2.24. The normalized spacial score (nSPS) is 12.8. The molecule has 1 heterocycles. The van der Waals surface area contributed by atoms with Gasteiger partial charge in [-0.05, 0) is 17.7 Å². The van der Waals surface area contributed by atoms with Crippen LogP contribution in [0, 0.1) is 0 Å². The van der Waals surface area contributed by atoms with E-state index in [0.717, 1.165) is 15.8 Å². The van der Waals surface area contributed by atoms with Gasteiger partial charge in [0.05, 0.1) is 17.0 Å². The van der Waals surface area contributed by atoms with Gasteiger partial charge in [-0.2, -0.15) is 0 Å². The average Bonchev–Trinajstić information content (AvgIpc) is 2.87. The molecule has 0 saturated carbocycles. The maximum absolute atomic E-state index is 9.31. The number of thiophene rings is 1. The van der Waals surface area contributed by atoms with Crippen LogP contribution < -0.4 is 5.73 Å². The van der Waals surface area contributed by atoms with Crippen molar-refractivity contribution in [2.24, 2.45) is 5.73 Å². The Hall–Kier alpha value is -0.910. The zero-order valence-electron chi connectivity index (χ0n) is 11.2. The van der Waals surface area contributed by atoms with Crippen LogP contribution in [-0.2, 0) is 6.54 Å². The number of hydrogen-bond acceptors (Lipinski definition) is 4. The van der Waals surface area contributed by atoms with Crippen LogP contribution in [0.2, 0.25) is 4.34 Å². The van der Waals surface area contributed by atoms with Gasteiger partial charge in [0.15, 0.2) is 0 Å². The molecule has 108 valence electrons. The Balaban J connectivity index is 2.17. The fourth-order valence-corrected chi connectivity index (χ4v) is 3.45. The van der Waals surface area contributed by atoms with E-state index in [2.05, 4.69) is 17.0 Å². The molecule has 0 aliphatic carbocycles. The van der Waals surface area contributed by atoms with E-state index in [9.17, 15) is 5.11 Å². The van der Waals surface area contributed by atoms with Crippen LogP contribution in [-0.4, -0.2) is 29.7 Å². The van der Waals surface area contributed by atoms with Crippen molar-refractivity contribution in [2.45, 2.75) is 12.6 Å². The third-order valence-corrected chi connectivity index (χ3v) is 4.53. The smallest absolute Gasteiger partial charge is 0.0931 e. The van der Waals surface area contributed by atoms with Gasteiger partial charge in [-0.1, -0.05) is 41.9 Å². The van der Waals surface area contributed by atoms with Crippen molar-refractivity contribution in [2.75, 3.05) is 19.7 Å². The Bertz CT molecular complexity index is 518. The summed E-state index contributed by atoms with van der Waals surface area (Å²) < 4.78 is 0.766. The highest BCUT2D eigenvalue weighted by Gasteiger charge is 2.20. The lowest BCUT2D eigenvalue weighted by molar-refractivity contribution is 0.148. The molecule has 3 nitrogen and oxygen atoms in total.